The van der Waals surface area contributed by atoms with Crippen LogP contribution in [0, 0.1) is 29.4 Å². The number of aromatic nitrogens is 1. The first-order valence-corrected chi connectivity index (χ1v) is 11.9. The molecular weight excluding hydrogens is 460 g/mol. The Hall–Kier alpha value is -3.43. The van der Waals surface area contributed by atoms with E-state index in [1.807, 2.05) is 6.08 Å². The van der Waals surface area contributed by atoms with E-state index in [4.69, 9.17) is 5.11 Å². The monoisotopic (exact) mass is 487 g/mol. The maximum Gasteiger partial charge on any atom is 0.404 e. The van der Waals surface area contributed by atoms with Gasteiger partial charge in [-0.05, 0) is 55.9 Å². The molecule has 1 aromatic carbocycles. The number of nitrogens with one attached hydrogen (secondary N) is 1. The van der Waals surface area contributed by atoms with Crippen LogP contribution in [0.2, 0.25) is 0 Å². The summed E-state index contributed by atoms with van der Waals surface area (Å²) in [4.78, 5) is 36.8. The van der Waals surface area contributed by atoms with Gasteiger partial charge in [-0.25, -0.2) is 18.4 Å². The summed E-state index contributed by atoms with van der Waals surface area (Å²) < 4.78 is 32.7. The number of allylic oxidation sites excluding steroid dienone is 1. The van der Waals surface area contributed by atoms with Gasteiger partial charge in [0.05, 0.1) is 10.9 Å². The molecule has 1 saturated heterocycles. The number of hydrogen-bond donors (Lipinski definition) is 3. The van der Waals surface area contributed by atoms with Gasteiger partial charge in [0.15, 0.2) is 5.82 Å². The van der Waals surface area contributed by atoms with Crippen molar-refractivity contribution in [3.05, 3.63) is 51.8 Å². The molecule has 10 heteroatoms. The number of aromatic carboxylic acids is 1. The van der Waals surface area contributed by atoms with Crippen LogP contribution < -0.4 is 15.6 Å². The third-order valence-electron chi connectivity index (χ3n) is 7.50. The average molecular weight is 488 g/mol. The summed E-state index contributed by atoms with van der Waals surface area (Å²) in [6.45, 7) is 1.24. The molecule has 35 heavy (non-hydrogen) atoms. The van der Waals surface area contributed by atoms with Crippen molar-refractivity contribution in [1.29, 1.82) is 0 Å². The molecule has 1 aromatic heterocycles. The topological polar surface area (TPSA) is 112 Å². The van der Waals surface area contributed by atoms with E-state index in [2.05, 4.69) is 11.4 Å². The lowest BCUT2D eigenvalue weighted by molar-refractivity contribution is 0.0694. The molecule has 2 fully saturated rings. The number of amides is 1. The first kappa shape index (κ1) is 23.3. The molecule has 186 valence electrons. The van der Waals surface area contributed by atoms with E-state index in [1.54, 1.807) is 4.90 Å². The highest BCUT2D eigenvalue weighted by molar-refractivity contribution is 5.94. The van der Waals surface area contributed by atoms with Crippen molar-refractivity contribution < 1.29 is 28.6 Å². The fraction of sp³-hybridized carbons (Fsp3) is 0.480. The molecule has 0 radical (unpaired) electrons. The van der Waals surface area contributed by atoms with Crippen molar-refractivity contribution in [2.24, 2.45) is 17.8 Å². The number of pyridine rings is 1. The zero-order valence-electron chi connectivity index (χ0n) is 19.0. The van der Waals surface area contributed by atoms with E-state index >= 15 is 8.78 Å². The van der Waals surface area contributed by atoms with Crippen LogP contribution in [0.1, 0.15) is 48.5 Å². The van der Waals surface area contributed by atoms with Crippen molar-refractivity contribution in [2.75, 3.05) is 24.5 Å². The summed E-state index contributed by atoms with van der Waals surface area (Å²) >= 11 is 0. The lowest BCUT2D eigenvalue weighted by Gasteiger charge is -2.23. The molecule has 2 aromatic rings. The fourth-order valence-electron chi connectivity index (χ4n) is 5.55. The molecule has 1 aliphatic heterocycles. The van der Waals surface area contributed by atoms with Gasteiger partial charge in [-0.3, -0.25) is 4.79 Å². The summed E-state index contributed by atoms with van der Waals surface area (Å²) in [5.74, 6) is -2.69. The molecule has 3 aliphatic rings. The fourth-order valence-corrected chi connectivity index (χ4v) is 5.55. The Kier molecular flexibility index (Phi) is 5.98. The first-order valence-electron chi connectivity index (χ1n) is 11.9. The van der Waals surface area contributed by atoms with E-state index in [9.17, 15) is 19.5 Å². The first-order chi connectivity index (χ1) is 16.7. The standard InChI is InChI=1S/C25H27F2N3O5/c26-19-8-17-21(30(16-6-7-16)12-18(23(17)31)24(32)33)20(27)22(19)29-10-14-3-1-2-13(9-28-25(34)35)4-5-15(14)11-29/h1,3,8,12-16,28H,2,4-7,9-11H2,(H,32,33)(H,34,35)/t13-,14-,15+/m1/s1. The van der Waals surface area contributed by atoms with E-state index < -0.39 is 34.7 Å². The van der Waals surface area contributed by atoms with Crippen LogP contribution in [-0.4, -0.2) is 46.5 Å². The van der Waals surface area contributed by atoms with Crippen molar-refractivity contribution in [1.82, 2.24) is 9.88 Å². The van der Waals surface area contributed by atoms with Gasteiger partial charge in [-0.1, -0.05) is 12.2 Å². The maximum atomic E-state index is 15.9. The molecule has 1 amide bonds. The number of fused-ring (bicyclic) bond motifs is 2. The molecule has 0 spiro atoms. The number of halogens is 2. The number of anilines is 1. The molecular formula is C25H27F2N3O5. The second kappa shape index (κ2) is 8.98. The predicted molar refractivity (Wildman–Crippen MR) is 125 cm³/mol. The number of rotatable bonds is 5. The normalized spacial score (nSPS) is 24.2. The van der Waals surface area contributed by atoms with Gasteiger partial charge in [0, 0.05) is 31.9 Å². The smallest absolute Gasteiger partial charge is 0.404 e. The van der Waals surface area contributed by atoms with Crippen LogP contribution in [0.3, 0.4) is 0 Å². The Morgan fingerprint density at radius 2 is 1.89 bits per heavy atom. The summed E-state index contributed by atoms with van der Waals surface area (Å²) in [6.07, 6.45) is 8.05. The minimum atomic E-state index is -1.42. The molecule has 2 heterocycles. The molecule has 0 unspecified atom stereocenters. The molecule has 3 atom stereocenters. The SMILES string of the molecule is O=C(O)NC[C@@H]1CC=C[C@@H]2CN(c3c(F)cc4c(=O)c(C(=O)O)cn(C5CC5)c4c3F)C[C@@H]2CC1. The third-order valence-corrected chi connectivity index (χ3v) is 7.50. The van der Waals surface area contributed by atoms with Crippen molar-refractivity contribution in [2.45, 2.75) is 38.1 Å². The van der Waals surface area contributed by atoms with E-state index in [0.29, 0.717) is 19.6 Å². The quantitative estimate of drug-likeness (QED) is 0.550. The van der Waals surface area contributed by atoms with Crippen LogP contribution in [0.4, 0.5) is 19.3 Å². The van der Waals surface area contributed by atoms with Crippen LogP contribution in [0.5, 0.6) is 0 Å². The lowest BCUT2D eigenvalue weighted by atomic mass is 9.84. The Labute approximate surface area is 199 Å². The van der Waals surface area contributed by atoms with Crippen LogP contribution in [0.25, 0.3) is 10.9 Å². The molecule has 1 saturated carbocycles. The number of hydrogen-bond acceptors (Lipinski definition) is 4. The summed E-state index contributed by atoms with van der Waals surface area (Å²) in [6, 6.07) is 0.863. The Balaban J connectivity index is 1.48. The highest BCUT2D eigenvalue weighted by atomic mass is 19.1. The van der Waals surface area contributed by atoms with E-state index in [1.165, 1.54) is 10.8 Å². The van der Waals surface area contributed by atoms with Gasteiger partial charge in [0.25, 0.3) is 0 Å². The maximum absolute atomic E-state index is 15.9. The highest BCUT2D eigenvalue weighted by Gasteiger charge is 2.37. The Morgan fingerprint density at radius 3 is 2.57 bits per heavy atom. The van der Waals surface area contributed by atoms with Gasteiger partial charge in [-0.15, -0.1) is 0 Å². The predicted octanol–water partition coefficient (Wildman–Crippen LogP) is 3.99. The zero-order valence-corrected chi connectivity index (χ0v) is 19.0. The van der Waals surface area contributed by atoms with Crippen LogP contribution >= 0.6 is 0 Å². The van der Waals surface area contributed by atoms with Crippen molar-refractivity contribution in [3.63, 3.8) is 0 Å². The van der Waals surface area contributed by atoms with Crippen molar-refractivity contribution >= 4 is 28.7 Å². The highest BCUT2D eigenvalue weighted by Crippen LogP contribution is 2.42. The van der Waals surface area contributed by atoms with Gasteiger partial charge in [0.2, 0.25) is 5.43 Å². The van der Waals surface area contributed by atoms with Gasteiger partial charge in [-0.2, -0.15) is 0 Å². The molecule has 2 aliphatic carbocycles. The number of benzene rings is 1. The summed E-state index contributed by atoms with van der Waals surface area (Å²) in [5.41, 5.74) is -1.61. The Bertz CT molecular complexity index is 1290. The molecule has 3 N–H and O–H groups in total. The van der Waals surface area contributed by atoms with E-state index in [0.717, 1.165) is 38.2 Å². The summed E-state index contributed by atoms with van der Waals surface area (Å²) in [7, 11) is 0. The molecule has 5 rings (SSSR count). The number of carboxylic acids is 1. The van der Waals surface area contributed by atoms with Crippen LogP contribution in [0.15, 0.2) is 29.2 Å². The number of carboxylic acid groups (broad SMARTS) is 2. The Morgan fingerprint density at radius 1 is 1.11 bits per heavy atom. The van der Waals surface area contributed by atoms with Gasteiger partial charge < -0.3 is 25.0 Å². The minimum Gasteiger partial charge on any atom is -0.477 e. The van der Waals surface area contributed by atoms with E-state index in [-0.39, 0.29) is 40.4 Å². The van der Waals surface area contributed by atoms with Gasteiger partial charge in [0.1, 0.15) is 17.1 Å². The number of nitrogens with zero attached hydrogens (tertiary/aromatic N) is 2. The average Bonchev–Trinajstić information content (AvgIpc) is 3.56. The second-order valence-corrected chi connectivity index (χ2v) is 9.85. The molecule has 0 bridgehead atoms. The molecule has 8 nitrogen and oxygen atoms in total. The zero-order chi connectivity index (χ0) is 24.9. The lowest BCUT2D eigenvalue weighted by Crippen LogP contribution is -2.28. The number of carbonyl (C=O) groups is 2. The van der Waals surface area contributed by atoms with Crippen LogP contribution in [-0.2, 0) is 0 Å². The summed E-state index contributed by atoms with van der Waals surface area (Å²) in [5, 5.41) is 20.5. The van der Waals surface area contributed by atoms with Gasteiger partial charge >= 0.3 is 12.1 Å². The second-order valence-electron chi connectivity index (χ2n) is 9.85. The minimum absolute atomic E-state index is 0.0430. The third kappa shape index (κ3) is 4.37. The largest absolute Gasteiger partial charge is 0.477 e. The van der Waals surface area contributed by atoms with Crippen molar-refractivity contribution in [3.8, 4) is 0 Å².